The third kappa shape index (κ3) is 2.69. The minimum absolute atomic E-state index is 0.0338. The number of hydrogen-bond acceptors (Lipinski definition) is 4. The number of aromatic nitrogens is 1. The standard InChI is InChI=1S/C13H21N3O/c1-13(17-3)5-4-6-16(10-13)12-7-11(14-2)8-15-9-12/h7-9,14H,4-6,10H2,1-3H3. The van der Waals surface area contributed by atoms with Crippen molar-refractivity contribution in [1.29, 1.82) is 0 Å². The van der Waals surface area contributed by atoms with Gasteiger partial charge in [0.05, 0.1) is 29.4 Å². The van der Waals surface area contributed by atoms with Crippen LogP contribution in [-0.2, 0) is 4.74 Å². The predicted octanol–water partition coefficient (Wildman–Crippen LogP) is 2.13. The van der Waals surface area contributed by atoms with Crippen molar-refractivity contribution in [2.45, 2.75) is 25.4 Å². The fraction of sp³-hybridized carbons (Fsp3) is 0.615. The van der Waals surface area contributed by atoms with Crippen molar-refractivity contribution in [2.24, 2.45) is 0 Å². The van der Waals surface area contributed by atoms with Crippen molar-refractivity contribution in [3.05, 3.63) is 18.5 Å². The zero-order valence-electron chi connectivity index (χ0n) is 10.9. The van der Waals surface area contributed by atoms with Crippen LogP contribution in [0.5, 0.6) is 0 Å². The SMILES string of the molecule is CNc1cncc(N2CCCC(C)(OC)C2)c1. The molecule has 0 bridgehead atoms. The van der Waals surface area contributed by atoms with Crippen LogP contribution in [0.3, 0.4) is 0 Å². The van der Waals surface area contributed by atoms with E-state index in [0.717, 1.165) is 31.6 Å². The molecule has 0 radical (unpaired) electrons. The van der Waals surface area contributed by atoms with Crippen LogP contribution in [0.15, 0.2) is 18.5 Å². The molecule has 1 saturated heterocycles. The Labute approximate surface area is 103 Å². The Kier molecular flexibility index (Phi) is 3.52. The van der Waals surface area contributed by atoms with Gasteiger partial charge in [0.15, 0.2) is 0 Å². The Morgan fingerprint density at radius 2 is 2.29 bits per heavy atom. The summed E-state index contributed by atoms with van der Waals surface area (Å²) in [5, 5.41) is 3.12. The molecule has 17 heavy (non-hydrogen) atoms. The second-order valence-corrected chi connectivity index (χ2v) is 4.86. The number of ether oxygens (including phenoxy) is 1. The summed E-state index contributed by atoms with van der Waals surface area (Å²) in [6, 6.07) is 2.13. The number of hydrogen-bond donors (Lipinski definition) is 1. The predicted molar refractivity (Wildman–Crippen MR) is 70.6 cm³/mol. The quantitative estimate of drug-likeness (QED) is 0.871. The minimum Gasteiger partial charge on any atom is -0.387 e. The normalized spacial score (nSPS) is 24.8. The van der Waals surface area contributed by atoms with E-state index in [2.05, 4.69) is 28.2 Å². The lowest BCUT2D eigenvalue weighted by Gasteiger charge is -2.40. The van der Waals surface area contributed by atoms with Gasteiger partial charge in [0.25, 0.3) is 0 Å². The van der Waals surface area contributed by atoms with Gasteiger partial charge >= 0.3 is 0 Å². The Morgan fingerprint density at radius 3 is 3.00 bits per heavy atom. The molecule has 1 aromatic heterocycles. The molecule has 2 rings (SSSR count). The highest BCUT2D eigenvalue weighted by molar-refractivity contribution is 5.55. The zero-order chi connectivity index (χ0) is 12.3. The molecule has 1 fully saturated rings. The average molecular weight is 235 g/mol. The lowest BCUT2D eigenvalue weighted by Crippen LogP contribution is -2.47. The molecule has 1 aliphatic heterocycles. The second-order valence-electron chi connectivity index (χ2n) is 4.86. The first-order valence-corrected chi connectivity index (χ1v) is 6.10. The van der Waals surface area contributed by atoms with Crippen LogP contribution in [0.4, 0.5) is 11.4 Å². The van der Waals surface area contributed by atoms with Gasteiger partial charge in [-0.25, -0.2) is 0 Å². The van der Waals surface area contributed by atoms with E-state index in [1.54, 1.807) is 7.11 Å². The summed E-state index contributed by atoms with van der Waals surface area (Å²) in [7, 11) is 3.71. The summed E-state index contributed by atoms with van der Waals surface area (Å²) in [4.78, 5) is 6.61. The molecule has 1 aliphatic rings. The number of methoxy groups -OCH3 is 1. The third-order valence-electron chi connectivity index (χ3n) is 3.53. The largest absolute Gasteiger partial charge is 0.387 e. The van der Waals surface area contributed by atoms with Crippen molar-refractivity contribution < 1.29 is 4.74 Å². The zero-order valence-corrected chi connectivity index (χ0v) is 10.9. The molecule has 1 atom stereocenters. The van der Waals surface area contributed by atoms with E-state index in [-0.39, 0.29) is 5.60 Å². The maximum atomic E-state index is 5.61. The second kappa shape index (κ2) is 4.92. The van der Waals surface area contributed by atoms with E-state index >= 15 is 0 Å². The van der Waals surface area contributed by atoms with E-state index in [1.165, 1.54) is 5.69 Å². The number of nitrogens with one attached hydrogen (secondary N) is 1. The van der Waals surface area contributed by atoms with Crippen molar-refractivity contribution >= 4 is 11.4 Å². The molecule has 4 nitrogen and oxygen atoms in total. The van der Waals surface area contributed by atoms with E-state index < -0.39 is 0 Å². The van der Waals surface area contributed by atoms with Crippen molar-refractivity contribution in [2.75, 3.05) is 37.5 Å². The number of rotatable bonds is 3. The van der Waals surface area contributed by atoms with Gasteiger partial charge in [-0.05, 0) is 25.8 Å². The van der Waals surface area contributed by atoms with Crippen LogP contribution in [0.25, 0.3) is 0 Å². The third-order valence-corrected chi connectivity index (χ3v) is 3.53. The molecule has 1 aromatic rings. The average Bonchev–Trinajstić information content (AvgIpc) is 2.39. The number of pyridine rings is 1. The molecule has 0 amide bonds. The van der Waals surface area contributed by atoms with Crippen molar-refractivity contribution in [1.82, 2.24) is 4.98 Å². The van der Waals surface area contributed by atoms with Crippen LogP contribution in [0, 0.1) is 0 Å². The molecular formula is C13H21N3O. The maximum Gasteiger partial charge on any atom is 0.0825 e. The first-order chi connectivity index (χ1) is 8.17. The number of piperidine rings is 1. The molecule has 0 saturated carbocycles. The van der Waals surface area contributed by atoms with Gasteiger partial charge in [0.1, 0.15) is 0 Å². The van der Waals surface area contributed by atoms with Gasteiger partial charge in [-0.3, -0.25) is 4.98 Å². The first kappa shape index (κ1) is 12.2. The van der Waals surface area contributed by atoms with E-state index in [0.29, 0.717) is 0 Å². The summed E-state index contributed by atoms with van der Waals surface area (Å²) in [5.74, 6) is 0. The number of anilines is 2. The molecule has 0 spiro atoms. The van der Waals surface area contributed by atoms with Crippen LogP contribution in [-0.4, -0.2) is 37.8 Å². The molecule has 4 heteroatoms. The fourth-order valence-electron chi connectivity index (χ4n) is 2.33. The lowest BCUT2D eigenvalue weighted by molar-refractivity contribution is -0.00466. The maximum absolute atomic E-state index is 5.61. The summed E-state index contributed by atoms with van der Waals surface area (Å²) in [5.41, 5.74) is 2.18. The van der Waals surface area contributed by atoms with Crippen LogP contribution < -0.4 is 10.2 Å². The Morgan fingerprint density at radius 1 is 1.47 bits per heavy atom. The van der Waals surface area contributed by atoms with E-state index in [4.69, 9.17) is 4.74 Å². The molecule has 1 N–H and O–H groups in total. The highest BCUT2D eigenvalue weighted by Gasteiger charge is 2.30. The van der Waals surface area contributed by atoms with Crippen LogP contribution in [0.1, 0.15) is 19.8 Å². The van der Waals surface area contributed by atoms with Gasteiger partial charge < -0.3 is 15.0 Å². The lowest BCUT2D eigenvalue weighted by atomic mass is 9.94. The van der Waals surface area contributed by atoms with Gasteiger partial charge in [0.2, 0.25) is 0 Å². The Balaban J connectivity index is 2.16. The smallest absolute Gasteiger partial charge is 0.0825 e. The highest BCUT2D eigenvalue weighted by atomic mass is 16.5. The van der Waals surface area contributed by atoms with Crippen molar-refractivity contribution in [3.8, 4) is 0 Å². The molecule has 1 unspecified atom stereocenters. The Bertz CT molecular complexity index is 383. The topological polar surface area (TPSA) is 37.4 Å². The van der Waals surface area contributed by atoms with Gasteiger partial charge in [-0.15, -0.1) is 0 Å². The van der Waals surface area contributed by atoms with E-state index in [1.807, 2.05) is 19.4 Å². The number of nitrogens with zero attached hydrogens (tertiary/aromatic N) is 2. The summed E-state index contributed by atoms with van der Waals surface area (Å²) >= 11 is 0. The molecule has 0 aliphatic carbocycles. The molecule has 94 valence electrons. The van der Waals surface area contributed by atoms with Crippen LogP contribution in [0.2, 0.25) is 0 Å². The van der Waals surface area contributed by atoms with Crippen LogP contribution >= 0.6 is 0 Å². The first-order valence-electron chi connectivity index (χ1n) is 6.10. The monoisotopic (exact) mass is 235 g/mol. The summed E-state index contributed by atoms with van der Waals surface area (Å²) in [6.07, 6.45) is 6.04. The fourth-order valence-corrected chi connectivity index (χ4v) is 2.33. The molecular weight excluding hydrogens is 214 g/mol. The highest BCUT2D eigenvalue weighted by Crippen LogP contribution is 2.28. The molecule has 2 heterocycles. The minimum atomic E-state index is -0.0338. The van der Waals surface area contributed by atoms with Gasteiger partial charge in [-0.2, -0.15) is 0 Å². The van der Waals surface area contributed by atoms with E-state index in [9.17, 15) is 0 Å². The summed E-state index contributed by atoms with van der Waals surface area (Å²) in [6.45, 7) is 4.18. The Hall–Kier alpha value is -1.29. The summed E-state index contributed by atoms with van der Waals surface area (Å²) < 4.78 is 5.61. The molecule has 0 aromatic carbocycles. The van der Waals surface area contributed by atoms with Gasteiger partial charge in [0, 0.05) is 27.2 Å². The van der Waals surface area contributed by atoms with Gasteiger partial charge in [-0.1, -0.05) is 0 Å². The van der Waals surface area contributed by atoms with Crippen molar-refractivity contribution in [3.63, 3.8) is 0 Å².